The van der Waals surface area contributed by atoms with Gasteiger partial charge in [-0.1, -0.05) is 29.8 Å². The normalized spacial score (nSPS) is 10.6. The highest BCUT2D eigenvalue weighted by Crippen LogP contribution is 2.25. The number of pyridine rings is 1. The molecule has 0 amide bonds. The smallest absolute Gasteiger partial charge is 0.116 e. The fraction of sp³-hybridized carbons (Fsp3) is 0.0667. The second kappa shape index (κ2) is 4.57. The summed E-state index contributed by atoms with van der Waals surface area (Å²) in [5.74, 6) is 0. The summed E-state index contributed by atoms with van der Waals surface area (Å²) in [6, 6.07) is 12.0. The van der Waals surface area contributed by atoms with Gasteiger partial charge in [0.1, 0.15) is 5.69 Å². The number of rotatable bonds is 2. The second-order valence-corrected chi connectivity index (χ2v) is 4.45. The number of benzene rings is 1. The van der Waals surface area contributed by atoms with Crippen molar-refractivity contribution in [3.8, 4) is 16.9 Å². The molecule has 0 saturated heterocycles. The van der Waals surface area contributed by atoms with Crippen molar-refractivity contribution in [1.29, 1.82) is 0 Å². The van der Waals surface area contributed by atoms with Crippen LogP contribution in [0.5, 0.6) is 0 Å². The van der Waals surface area contributed by atoms with Gasteiger partial charge in [-0.3, -0.25) is 4.98 Å². The van der Waals surface area contributed by atoms with Crippen LogP contribution < -0.4 is 5.73 Å². The first-order chi connectivity index (χ1) is 9.24. The molecule has 0 saturated carbocycles. The van der Waals surface area contributed by atoms with Crippen molar-refractivity contribution in [3.63, 3.8) is 0 Å². The van der Waals surface area contributed by atoms with Gasteiger partial charge in [0.2, 0.25) is 0 Å². The van der Waals surface area contributed by atoms with Gasteiger partial charge in [0.15, 0.2) is 0 Å². The molecule has 0 atom stereocenters. The van der Waals surface area contributed by atoms with Gasteiger partial charge in [-0.2, -0.15) is 5.10 Å². The van der Waals surface area contributed by atoms with Crippen LogP contribution in [0.3, 0.4) is 0 Å². The predicted octanol–water partition coefficient (Wildman–Crippen LogP) is 2.82. The summed E-state index contributed by atoms with van der Waals surface area (Å²) in [6.45, 7) is 2.06. The maximum atomic E-state index is 6.05. The van der Waals surface area contributed by atoms with Crippen LogP contribution in [0.15, 0.2) is 55.0 Å². The van der Waals surface area contributed by atoms with Crippen LogP contribution in [0.1, 0.15) is 5.56 Å². The summed E-state index contributed by atoms with van der Waals surface area (Å²) in [7, 11) is 0. The second-order valence-electron chi connectivity index (χ2n) is 4.45. The van der Waals surface area contributed by atoms with E-state index in [4.69, 9.17) is 5.73 Å². The van der Waals surface area contributed by atoms with E-state index in [2.05, 4.69) is 29.1 Å². The Hall–Kier alpha value is -2.62. The Morgan fingerprint density at radius 1 is 1.00 bits per heavy atom. The zero-order valence-electron chi connectivity index (χ0n) is 10.6. The quantitative estimate of drug-likeness (QED) is 0.760. The largest absolute Gasteiger partial charge is 0.396 e. The molecule has 0 aliphatic heterocycles. The number of anilines is 1. The maximum absolute atomic E-state index is 6.05. The number of nitrogen functional groups attached to an aromatic ring is 1. The third-order valence-corrected chi connectivity index (χ3v) is 2.99. The van der Waals surface area contributed by atoms with E-state index < -0.39 is 0 Å². The van der Waals surface area contributed by atoms with Gasteiger partial charge in [0.25, 0.3) is 0 Å². The monoisotopic (exact) mass is 250 g/mol. The molecule has 0 aliphatic rings. The molecule has 19 heavy (non-hydrogen) atoms. The lowest BCUT2D eigenvalue weighted by Crippen LogP contribution is -1.94. The van der Waals surface area contributed by atoms with E-state index in [1.807, 2.05) is 30.5 Å². The van der Waals surface area contributed by atoms with Crippen molar-refractivity contribution < 1.29 is 0 Å². The summed E-state index contributed by atoms with van der Waals surface area (Å²) in [5, 5.41) is 4.54. The van der Waals surface area contributed by atoms with E-state index in [9.17, 15) is 0 Å². The molecule has 3 aromatic rings. The molecule has 0 spiro atoms. The molecule has 0 aliphatic carbocycles. The van der Waals surface area contributed by atoms with Crippen LogP contribution in [0.25, 0.3) is 16.9 Å². The molecular formula is C15H14N4. The summed E-state index contributed by atoms with van der Waals surface area (Å²) in [6.07, 6.45) is 5.29. The highest BCUT2D eigenvalue weighted by Gasteiger charge is 2.09. The zero-order valence-corrected chi connectivity index (χ0v) is 10.6. The van der Waals surface area contributed by atoms with E-state index in [0.29, 0.717) is 5.69 Å². The summed E-state index contributed by atoms with van der Waals surface area (Å²) in [5.41, 5.74) is 10.7. The van der Waals surface area contributed by atoms with E-state index in [-0.39, 0.29) is 0 Å². The van der Waals surface area contributed by atoms with E-state index in [0.717, 1.165) is 16.9 Å². The molecule has 2 aromatic heterocycles. The van der Waals surface area contributed by atoms with Gasteiger partial charge in [0.05, 0.1) is 17.6 Å². The minimum absolute atomic E-state index is 0.667. The Labute approximate surface area is 111 Å². The lowest BCUT2D eigenvalue weighted by molar-refractivity contribution is 0.881. The van der Waals surface area contributed by atoms with Crippen molar-refractivity contribution in [2.45, 2.75) is 6.92 Å². The van der Waals surface area contributed by atoms with Crippen LogP contribution in [0.2, 0.25) is 0 Å². The lowest BCUT2D eigenvalue weighted by atomic mass is 10.1. The first-order valence-corrected chi connectivity index (χ1v) is 6.06. The molecular weight excluding hydrogens is 236 g/mol. The fourth-order valence-corrected chi connectivity index (χ4v) is 1.95. The third-order valence-electron chi connectivity index (χ3n) is 2.99. The molecule has 0 fully saturated rings. The van der Waals surface area contributed by atoms with Crippen molar-refractivity contribution >= 4 is 5.69 Å². The minimum Gasteiger partial charge on any atom is -0.396 e. The zero-order chi connectivity index (χ0) is 13.2. The molecule has 2 heterocycles. The van der Waals surface area contributed by atoms with Gasteiger partial charge in [-0.05, 0) is 19.1 Å². The number of aromatic nitrogens is 3. The number of hydrogen-bond donors (Lipinski definition) is 1. The van der Waals surface area contributed by atoms with Crippen molar-refractivity contribution in [2.24, 2.45) is 0 Å². The highest BCUT2D eigenvalue weighted by molar-refractivity contribution is 5.72. The number of hydrogen-bond acceptors (Lipinski definition) is 3. The molecule has 2 N–H and O–H groups in total. The van der Waals surface area contributed by atoms with Crippen LogP contribution in [0, 0.1) is 6.92 Å². The van der Waals surface area contributed by atoms with Gasteiger partial charge in [-0.25, -0.2) is 4.68 Å². The molecule has 3 rings (SSSR count). The van der Waals surface area contributed by atoms with Gasteiger partial charge in [-0.15, -0.1) is 0 Å². The highest BCUT2D eigenvalue weighted by atomic mass is 15.3. The minimum atomic E-state index is 0.667. The maximum Gasteiger partial charge on any atom is 0.116 e. The molecule has 4 heteroatoms. The molecule has 0 unspecified atom stereocenters. The third kappa shape index (κ3) is 2.20. The Kier molecular flexibility index (Phi) is 2.76. The average molecular weight is 250 g/mol. The number of nitrogens with zero attached hydrogens (tertiary/aromatic N) is 3. The standard InChI is InChI=1S/C15H14N4/c1-11-2-4-12(5-3-11)15-14(16)10-19(18-15)13-6-8-17-9-7-13/h2-10H,16H2,1H3. The van der Waals surface area contributed by atoms with E-state index >= 15 is 0 Å². The summed E-state index contributed by atoms with van der Waals surface area (Å²) >= 11 is 0. The first kappa shape index (κ1) is 11.5. The Balaban J connectivity index is 2.05. The molecule has 0 bridgehead atoms. The topological polar surface area (TPSA) is 56.7 Å². The SMILES string of the molecule is Cc1ccc(-c2nn(-c3ccncc3)cc2N)cc1. The van der Waals surface area contributed by atoms with Crippen LogP contribution in [-0.2, 0) is 0 Å². The lowest BCUT2D eigenvalue weighted by Gasteiger charge is -2.00. The summed E-state index contributed by atoms with van der Waals surface area (Å²) in [4.78, 5) is 4.00. The number of aryl methyl sites for hydroxylation is 1. The predicted molar refractivity (Wildman–Crippen MR) is 75.9 cm³/mol. The fourth-order valence-electron chi connectivity index (χ4n) is 1.95. The molecule has 4 nitrogen and oxygen atoms in total. The van der Waals surface area contributed by atoms with Crippen LogP contribution >= 0.6 is 0 Å². The van der Waals surface area contributed by atoms with Crippen LogP contribution in [-0.4, -0.2) is 14.8 Å². The molecule has 94 valence electrons. The first-order valence-electron chi connectivity index (χ1n) is 6.06. The van der Waals surface area contributed by atoms with E-state index in [1.165, 1.54) is 5.56 Å². The van der Waals surface area contributed by atoms with Gasteiger partial charge < -0.3 is 5.73 Å². The molecule has 0 radical (unpaired) electrons. The molecule has 1 aromatic carbocycles. The van der Waals surface area contributed by atoms with Gasteiger partial charge in [0, 0.05) is 18.0 Å². The summed E-state index contributed by atoms with van der Waals surface area (Å²) < 4.78 is 1.77. The van der Waals surface area contributed by atoms with Crippen molar-refractivity contribution in [2.75, 3.05) is 5.73 Å². The Morgan fingerprint density at radius 3 is 2.37 bits per heavy atom. The average Bonchev–Trinajstić information content (AvgIpc) is 2.83. The van der Waals surface area contributed by atoms with E-state index in [1.54, 1.807) is 17.1 Å². The van der Waals surface area contributed by atoms with Crippen LogP contribution in [0.4, 0.5) is 5.69 Å². The Morgan fingerprint density at radius 2 is 1.68 bits per heavy atom. The van der Waals surface area contributed by atoms with Crippen molar-refractivity contribution in [1.82, 2.24) is 14.8 Å². The van der Waals surface area contributed by atoms with Crippen molar-refractivity contribution in [3.05, 3.63) is 60.6 Å². The number of nitrogens with two attached hydrogens (primary N) is 1. The Bertz CT molecular complexity index is 684. The van der Waals surface area contributed by atoms with Gasteiger partial charge >= 0.3 is 0 Å².